The number of methoxy groups -OCH3 is 1. The number of thioether (sulfide) groups is 1. The Bertz CT molecular complexity index is 1260. The van der Waals surface area contributed by atoms with Gasteiger partial charge in [0.2, 0.25) is 0 Å². The molecule has 0 saturated carbocycles. The first-order valence-corrected chi connectivity index (χ1v) is 10.5. The van der Waals surface area contributed by atoms with E-state index in [2.05, 4.69) is 0 Å². The van der Waals surface area contributed by atoms with E-state index in [9.17, 15) is 4.79 Å². The zero-order valence-electron chi connectivity index (χ0n) is 15.4. The largest absolute Gasteiger partial charge is 0.497 e. The van der Waals surface area contributed by atoms with Gasteiger partial charge in [-0.25, -0.2) is 4.98 Å². The van der Waals surface area contributed by atoms with Crippen LogP contribution in [0.15, 0.2) is 76.7 Å². The number of nitrogens with zero attached hydrogens (tertiary/aromatic N) is 2. The highest BCUT2D eigenvalue weighted by Gasteiger charge is 2.14. The summed E-state index contributed by atoms with van der Waals surface area (Å²) < 4.78 is 6.87. The number of para-hydroxylation sites is 1. The van der Waals surface area contributed by atoms with Gasteiger partial charge < -0.3 is 4.74 Å². The van der Waals surface area contributed by atoms with Gasteiger partial charge in [0.25, 0.3) is 5.56 Å². The zero-order valence-corrected chi connectivity index (χ0v) is 17.8. The summed E-state index contributed by atoms with van der Waals surface area (Å²) in [6.45, 7) is 0. The van der Waals surface area contributed by atoms with Gasteiger partial charge in [0, 0.05) is 5.75 Å². The van der Waals surface area contributed by atoms with E-state index in [0.717, 1.165) is 11.3 Å². The predicted molar refractivity (Wildman–Crippen MR) is 120 cm³/mol. The molecule has 0 fully saturated rings. The number of fused-ring (bicyclic) bond motifs is 1. The van der Waals surface area contributed by atoms with Crippen LogP contribution in [0.4, 0.5) is 0 Å². The summed E-state index contributed by atoms with van der Waals surface area (Å²) in [4.78, 5) is 18.0. The van der Waals surface area contributed by atoms with E-state index >= 15 is 0 Å². The van der Waals surface area contributed by atoms with Crippen molar-refractivity contribution in [2.75, 3.05) is 7.11 Å². The first-order valence-electron chi connectivity index (χ1n) is 8.80. The van der Waals surface area contributed by atoms with Crippen molar-refractivity contribution in [1.82, 2.24) is 9.55 Å². The SMILES string of the molecule is COc1cccc(CSc2nc3ccccc3c(=O)n2-c2ccc(Cl)c(Cl)c2)c1. The van der Waals surface area contributed by atoms with Crippen molar-refractivity contribution < 1.29 is 4.74 Å². The third kappa shape index (κ3) is 4.13. The Hall–Kier alpha value is -2.47. The molecule has 7 heteroatoms. The van der Waals surface area contributed by atoms with E-state index < -0.39 is 0 Å². The third-order valence-electron chi connectivity index (χ3n) is 4.41. The molecule has 0 aliphatic heterocycles. The van der Waals surface area contributed by atoms with Crippen LogP contribution in [0.1, 0.15) is 5.56 Å². The molecule has 1 aromatic heterocycles. The molecule has 146 valence electrons. The van der Waals surface area contributed by atoms with Crippen LogP contribution in [0.25, 0.3) is 16.6 Å². The summed E-state index contributed by atoms with van der Waals surface area (Å²) >= 11 is 13.7. The van der Waals surface area contributed by atoms with Crippen LogP contribution in [0.3, 0.4) is 0 Å². The second-order valence-electron chi connectivity index (χ2n) is 6.29. The van der Waals surface area contributed by atoms with Gasteiger partial charge in [0.05, 0.1) is 33.7 Å². The second-order valence-corrected chi connectivity index (χ2v) is 8.05. The van der Waals surface area contributed by atoms with Crippen molar-refractivity contribution in [3.05, 3.63) is 92.7 Å². The highest BCUT2D eigenvalue weighted by Crippen LogP contribution is 2.29. The molecule has 1 heterocycles. The lowest BCUT2D eigenvalue weighted by Gasteiger charge is -2.14. The molecule has 0 N–H and O–H groups in total. The van der Waals surface area contributed by atoms with Gasteiger partial charge >= 0.3 is 0 Å². The minimum absolute atomic E-state index is 0.151. The molecular formula is C22H16Cl2N2O2S. The van der Waals surface area contributed by atoms with E-state index in [4.69, 9.17) is 32.9 Å². The fraction of sp³-hybridized carbons (Fsp3) is 0.0909. The maximum absolute atomic E-state index is 13.3. The number of hydrogen-bond acceptors (Lipinski definition) is 4. The average Bonchev–Trinajstić information content (AvgIpc) is 2.74. The van der Waals surface area contributed by atoms with Gasteiger partial charge in [-0.1, -0.05) is 59.2 Å². The molecule has 4 aromatic rings. The quantitative estimate of drug-likeness (QED) is 0.281. The molecule has 0 radical (unpaired) electrons. The molecule has 0 bridgehead atoms. The molecule has 3 aromatic carbocycles. The van der Waals surface area contributed by atoms with E-state index in [1.165, 1.54) is 11.8 Å². The summed E-state index contributed by atoms with van der Waals surface area (Å²) in [6, 6.07) is 20.2. The molecule has 29 heavy (non-hydrogen) atoms. The van der Waals surface area contributed by atoms with Crippen LogP contribution < -0.4 is 10.3 Å². The number of benzene rings is 3. The monoisotopic (exact) mass is 442 g/mol. The molecule has 4 nitrogen and oxygen atoms in total. The molecule has 0 aliphatic rings. The van der Waals surface area contributed by atoms with Crippen LogP contribution >= 0.6 is 35.0 Å². The van der Waals surface area contributed by atoms with Crippen LogP contribution in [0.2, 0.25) is 10.0 Å². The van der Waals surface area contributed by atoms with Crippen molar-refractivity contribution in [2.45, 2.75) is 10.9 Å². The Kier molecular flexibility index (Phi) is 5.81. The van der Waals surface area contributed by atoms with E-state index in [-0.39, 0.29) is 5.56 Å². The first-order chi connectivity index (χ1) is 14.1. The minimum atomic E-state index is -0.151. The van der Waals surface area contributed by atoms with Crippen molar-refractivity contribution >= 4 is 45.9 Å². The number of aromatic nitrogens is 2. The van der Waals surface area contributed by atoms with Crippen LogP contribution in [-0.4, -0.2) is 16.7 Å². The van der Waals surface area contributed by atoms with Gasteiger partial charge in [-0.05, 0) is 48.0 Å². The van der Waals surface area contributed by atoms with E-state index in [1.807, 2.05) is 42.5 Å². The Morgan fingerprint density at radius 2 is 1.83 bits per heavy atom. The summed E-state index contributed by atoms with van der Waals surface area (Å²) in [5, 5.41) is 1.94. The van der Waals surface area contributed by atoms with Crippen LogP contribution in [-0.2, 0) is 5.75 Å². The fourth-order valence-electron chi connectivity index (χ4n) is 2.97. The lowest BCUT2D eigenvalue weighted by Crippen LogP contribution is -2.21. The fourth-order valence-corrected chi connectivity index (χ4v) is 4.22. The Morgan fingerprint density at radius 3 is 2.62 bits per heavy atom. The average molecular weight is 443 g/mol. The summed E-state index contributed by atoms with van der Waals surface area (Å²) in [5.41, 5.74) is 2.19. The van der Waals surface area contributed by atoms with Crippen LogP contribution in [0.5, 0.6) is 5.75 Å². The molecule has 0 spiro atoms. The minimum Gasteiger partial charge on any atom is -0.497 e. The number of hydrogen-bond donors (Lipinski definition) is 0. The molecule has 4 rings (SSSR count). The van der Waals surface area contributed by atoms with Gasteiger partial charge in [-0.15, -0.1) is 0 Å². The normalized spacial score (nSPS) is 11.0. The van der Waals surface area contributed by atoms with Crippen molar-refractivity contribution in [1.29, 1.82) is 0 Å². The topological polar surface area (TPSA) is 44.1 Å². The smallest absolute Gasteiger partial charge is 0.266 e. The molecule has 0 atom stereocenters. The van der Waals surface area contributed by atoms with Gasteiger partial charge in [-0.3, -0.25) is 9.36 Å². The zero-order chi connectivity index (χ0) is 20.4. The molecule has 0 saturated heterocycles. The highest BCUT2D eigenvalue weighted by molar-refractivity contribution is 7.98. The molecular weight excluding hydrogens is 427 g/mol. The maximum Gasteiger partial charge on any atom is 0.266 e. The van der Waals surface area contributed by atoms with E-state index in [1.54, 1.807) is 35.9 Å². The third-order valence-corrected chi connectivity index (χ3v) is 6.16. The van der Waals surface area contributed by atoms with Gasteiger partial charge in [0.1, 0.15) is 5.75 Å². The Labute approximate surface area is 182 Å². The Morgan fingerprint density at radius 1 is 1.00 bits per heavy atom. The second kappa shape index (κ2) is 8.49. The maximum atomic E-state index is 13.3. The summed E-state index contributed by atoms with van der Waals surface area (Å²) in [6.07, 6.45) is 0. The van der Waals surface area contributed by atoms with Crippen molar-refractivity contribution in [3.8, 4) is 11.4 Å². The Balaban J connectivity index is 1.82. The van der Waals surface area contributed by atoms with Crippen LogP contribution in [0, 0.1) is 0 Å². The number of rotatable bonds is 5. The molecule has 0 unspecified atom stereocenters. The molecule has 0 aliphatic carbocycles. The van der Waals surface area contributed by atoms with Crippen molar-refractivity contribution in [2.24, 2.45) is 0 Å². The predicted octanol–water partition coefficient (Wildman–Crippen LogP) is 5.99. The summed E-state index contributed by atoms with van der Waals surface area (Å²) in [5.74, 6) is 1.42. The highest BCUT2D eigenvalue weighted by atomic mass is 35.5. The standard InChI is InChI=1S/C22H16Cl2N2O2S/c1-28-16-6-4-5-14(11-16)13-29-22-25-20-8-3-2-7-17(20)21(27)26(22)15-9-10-18(23)19(24)12-15/h2-12H,13H2,1H3. The van der Waals surface area contributed by atoms with Gasteiger partial charge in [0.15, 0.2) is 5.16 Å². The summed E-state index contributed by atoms with van der Waals surface area (Å²) in [7, 11) is 1.64. The lowest BCUT2D eigenvalue weighted by atomic mass is 10.2. The van der Waals surface area contributed by atoms with Gasteiger partial charge in [-0.2, -0.15) is 0 Å². The van der Waals surface area contributed by atoms with E-state index in [0.29, 0.717) is 37.5 Å². The first kappa shape index (κ1) is 19.8. The lowest BCUT2D eigenvalue weighted by molar-refractivity contribution is 0.414. The number of halogens is 2. The molecule has 0 amide bonds. The van der Waals surface area contributed by atoms with Crippen molar-refractivity contribution in [3.63, 3.8) is 0 Å². The number of ether oxygens (including phenoxy) is 1.